The van der Waals surface area contributed by atoms with E-state index in [9.17, 15) is 9.59 Å². The number of fused-ring (bicyclic) bond motifs is 2. The Hall–Kier alpha value is -3.21. The molecule has 2 aromatic heterocycles. The second-order valence-electron chi connectivity index (χ2n) is 9.31. The van der Waals surface area contributed by atoms with E-state index in [0.717, 1.165) is 47.5 Å². The Labute approximate surface area is 188 Å². The number of benzene rings is 1. The van der Waals surface area contributed by atoms with Gasteiger partial charge in [-0.15, -0.1) is 0 Å². The molecule has 32 heavy (non-hydrogen) atoms. The predicted octanol–water partition coefficient (Wildman–Crippen LogP) is 4.12. The van der Waals surface area contributed by atoms with E-state index < -0.39 is 0 Å². The summed E-state index contributed by atoms with van der Waals surface area (Å²) in [5.74, 6) is 0.502. The number of hydrogen-bond donors (Lipinski definition) is 0. The van der Waals surface area contributed by atoms with Crippen LogP contribution >= 0.6 is 0 Å². The molecule has 2 fully saturated rings. The Balaban J connectivity index is 1.64. The largest absolute Gasteiger partial charge is 0.343 e. The number of aromatic nitrogens is 2. The molecule has 3 heterocycles. The highest BCUT2D eigenvalue weighted by atomic mass is 16.2. The van der Waals surface area contributed by atoms with Gasteiger partial charge < -0.3 is 9.47 Å². The number of carbonyl (C=O) groups is 1. The van der Waals surface area contributed by atoms with Crippen molar-refractivity contribution in [2.45, 2.75) is 52.1 Å². The molecule has 0 N–H and O–H groups in total. The van der Waals surface area contributed by atoms with E-state index in [4.69, 9.17) is 0 Å². The second-order valence-corrected chi connectivity index (χ2v) is 9.31. The normalized spacial score (nSPS) is 19.5. The number of carbonyl (C=O) groups excluding carboxylic acids is 1. The van der Waals surface area contributed by atoms with E-state index in [1.165, 1.54) is 6.42 Å². The van der Waals surface area contributed by atoms with Crippen LogP contribution in [0.4, 0.5) is 0 Å². The molecule has 2 bridgehead atoms. The highest BCUT2D eigenvalue weighted by molar-refractivity contribution is 5.96. The van der Waals surface area contributed by atoms with Crippen molar-refractivity contribution in [2.75, 3.05) is 6.54 Å². The third-order valence-corrected chi connectivity index (χ3v) is 7.22. The van der Waals surface area contributed by atoms with Gasteiger partial charge in [0.15, 0.2) is 5.43 Å². The third kappa shape index (κ3) is 3.77. The summed E-state index contributed by atoms with van der Waals surface area (Å²) < 4.78 is 2.14. The summed E-state index contributed by atoms with van der Waals surface area (Å²) in [6, 6.07) is 14.1. The third-order valence-electron chi connectivity index (χ3n) is 7.22. The minimum atomic E-state index is -0.162. The van der Waals surface area contributed by atoms with Crippen molar-refractivity contribution in [3.05, 3.63) is 98.7 Å². The second kappa shape index (κ2) is 8.38. The van der Waals surface area contributed by atoms with Crippen LogP contribution in [-0.4, -0.2) is 32.9 Å². The van der Waals surface area contributed by atoms with Gasteiger partial charge in [-0.3, -0.25) is 14.6 Å². The minimum absolute atomic E-state index is 0.0886. The predicted molar refractivity (Wildman–Crippen MR) is 125 cm³/mol. The maximum Gasteiger partial charge on any atom is 0.259 e. The summed E-state index contributed by atoms with van der Waals surface area (Å²) >= 11 is 0. The van der Waals surface area contributed by atoms with Crippen LogP contribution in [0, 0.1) is 19.8 Å². The molecule has 2 aliphatic rings. The van der Waals surface area contributed by atoms with Crippen LogP contribution in [0.5, 0.6) is 0 Å². The first-order chi connectivity index (χ1) is 15.5. The lowest BCUT2D eigenvalue weighted by Crippen LogP contribution is -2.41. The van der Waals surface area contributed by atoms with E-state index in [1.54, 1.807) is 18.5 Å². The van der Waals surface area contributed by atoms with Gasteiger partial charge in [0.05, 0.1) is 0 Å². The number of hydrogen-bond acceptors (Lipinski definition) is 3. The molecule has 5 heteroatoms. The molecular weight excluding hydrogens is 398 g/mol. The zero-order valence-electron chi connectivity index (χ0n) is 18.8. The lowest BCUT2D eigenvalue weighted by molar-refractivity contribution is 0.0700. The lowest BCUT2D eigenvalue weighted by Gasteiger charge is -2.29. The van der Waals surface area contributed by atoms with E-state index in [2.05, 4.69) is 28.6 Å². The first-order valence-corrected chi connectivity index (χ1v) is 11.5. The number of piperidine rings is 1. The van der Waals surface area contributed by atoms with Crippen molar-refractivity contribution in [3.8, 4) is 0 Å². The number of pyridine rings is 2. The standard InChI is InChI=1S/C27H29N3O2/c1-18-5-3-4-6-22(18)15-24-26(27(32)30-17-21-7-8-23(30)14-21)25(31)13-19(2)29(24)16-20-9-11-28-12-10-20/h3-6,9-13,21,23H,7-8,14-17H2,1-2H3/t21-,23+/m1/s1. The summed E-state index contributed by atoms with van der Waals surface area (Å²) in [6.45, 7) is 5.42. The van der Waals surface area contributed by atoms with Crippen molar-refractivity contribution in [1.82, 2.24) is 14.5 Å². The molecule has 1 saturated heterocycles. The number of likely N-dealkylation sites (tertiary alicyclic amines) is 1. The Kier molecular flexibility index (Phi) is 5.41. The summed E-state index contributed by atoms with van der Waals surface area (Å²) in [5.41, 5.74) is 5.26. The molecule has 1 aliphatic carbocycles. The van der Waals surface area contributed by atoms with Crippen LogP contribution in [0.15, 0.2) is 59.7 Å². The molecule has 1 amide bonds. The summed E-state index contributed by atoms with van der Waals surface area (Å²) in [4.78, 5) is 33.1. The molecule has 5 nitrogen and oxygen atoms in total. The molecular formula is C27H29N3O2. The van der Waals surface area contributed by atoms with E-state index in [1.807, 2.05) is 36.1 Å². The fourth-order valence-corrected chi connectivity index (χ4v) is 5.44. The monoisotopic (exact) mass is 427 g/mol. The van der Waals surface area contributed by atoms with Gasteiger partial charge in [0, 0.05) is 55.4 Å². The Bertz CT molecular complexity index is 1220. The fourth-order valence-electron chi connectivity index (χ4n) is 5.44. The quantitative estimate of drug-likeness (QED) is 0.615. The number of aryl methyl sites for hydroxylation is 2. The number of amides is 1. The first kappa shape index (κ1) is 20.7. The van der Waals surface area contributed by atoms with Crippen LogP contribution in [0.1, 0.15) is 57.7 Å². The van der Waals surface area contributed by atoms with Gasteiger partial charge >= 0.3 is 0 Å². The molecule has 3 aromatic rings. The van der Waals surface area contributed by atoms with Crippen LogP contribution in [0.3, 0.4) is 0 Å². The highest BCUT2D eigenvalue weighted by Crippen LogP contribution is 2.38. The smallest absolute Gasteiger partial charge is 0.259 e. The van der Waals surface area contributed by atoms with Crippen LogP contribution < -0.4 is 5.43 Å². The van der Waals surface area contributed by atoms with E-state index in [0.29, 0.717) is 24.4 Å². The van der Waals surface area contributed by atoms with Gasteiger partial charge in [-0.05, 0) is 67.9 Å². The van der Waals surface area contributed by atoms with E-state index >= 15 is 0 Å². The maximum atomic E-state index is 13.8. The Morgan fingerprint density at radius 2 is 1.88 bits per heavy atom. The number of rotatable bonds is 5. The van der Waals surface area contributed by atoms with Gasteiger partial charge in [0.25, 0.3) is 5.91 Å². The average molecular weight is 428 g/mol. The minimum Gasteiger partial charge on any atom is -0.343 e. The van der Waals surface area contributed by atoms with Crippen molar-refractivity contribution >= 4 is 5.91 Å². The average Bonchev–Trinajstić information content (AvgIpc) is 3.42. The molecule has 0 unspecified atom stereocenters. The molecule has 5 rings (SSSR count). The van der Waals surface area contributed by atoms with Crippen LogP contribution in [0.25, 0.3) is 0 Å². The van der Waals surface area contributed by atoms with Gasteiger partial charge in [0.1, 0.15) is 5.56 Å². The SMILES string of the molecule is Cc1ccccc1Cc1c(C(=O)N2C[C@@H]3CC[C@H]2C3)c(=O)cc(C)n1Cc1ccncc1. The number of nitrogens with zero attached hydrogens (tertiary/aromatic N) is 3. The zero-order chi connectivity index (χ0) is 22.2. The molecule has 1 aliphatic heterocycles. The molecule has 2 atom stereocenters. The van der Waals surface area contributed by atoms with Gasteiger partial charge in [-0.1, -0.05) is 24.3 Å². The molecule has 0 spiro atoms. The maximum absolute atomic E-state index is 13.8. The van der Waals surface area contributed by atoms with Crippen LogP contribution in [-0.2, 0) is 13.0 Å². The topological polar surface area (TPSA) is 55.2 Å². The summed E-state index contributed by atoms with van der Waals surface area (Å²) in [5, 5.41) is 0. The first-order valence-electron chi connectivity index (χ1n) is 11.5. The molecule has 1 aromatic carbocycles. The van der Waals surface area contributed by atoms with Crippen LogP contribution in [0.2, 0.25) is 0 Å². The zero-order valence-corrected chi connectivity index (χ0v) is 18.8. The summed E-state index contributed by atoms with van der Waals surface area (Å²) in [6.07, 6.45) is 7.45. The Morgan fingerprint density at radius 1 is 1.09 bits per heavy atom. The van der Waals surface area contributed by atoms with Crippen molar-refractivity contribution in [1.29, 1.82) is 0 Å². The van der Waals surface area contributed by atoms with Crippen molar-refractivity contribution < 1.29 is 4.79 Å². The molecule has 1 saturated carbocycles. The fraction of sp³-hybridized carbons (Fsp3) is 0.370. The molecule has 0 radical (unpaired) electrons. The van der Waals surface area contributed by atoms with Crippen molar-refractivity contribution in [2.24, 2.45) is 5.92 Å². The van der Waals surface area contributed by atoms with E-state index in [-0.39, 0.29) is 17.4 Å². The van der Waals surface area contributed by atoms with Gasteiger partial charge in [-0.25, -0.2) is 0 Å². The van der Waals surface area contributed by atoms with Gasteiger partial charge in [0.2, 0.25) is 0 Å². The summed E-state index contributed by atoms with van der Waals surface area (Å²) in [7, 11) is 0. The van der Waals surface area contributed by atoms with Crippen molar-refractivity contribution in [3.63, 3.8) is 0 Å². The Morgan fingerprint density at radius 3 is 2.56 bits per heavy atom. The lowest BCUT2D eigenvalue weighted by atomic mass is 9.98. The molecule has 164 valence electrons. The highest BCUT2D eigenvalue weighted by Gasteiger charge is 2.41. The van der Waals surface area contributed by atoms with Gasteiger partial charge in [-0.2, -0.15) is 0 Å².